The molecule has 26 heavy (non-hydrogen) atoms. The first kappa shape index (κ1) is 18.7. The molecule has 2 aliphatic rings. The third-order valence-electron chi connectivity index (χ3n) is 5.30. The van der Waals surface area contributed by atoms with E-state index in [1.54, 1.807) is 7.11 Å². The molecule has 7 heteroatoms. The highest BCUT2D eigenvalue weighted by Gasteiger charge is 2.42. The van der Waals surface area contributed by atoms with Crippen LogP contribution in [0.5, 0.6) is 0 Å². The van der Waals surface area contributed by atoms with Gasteiger partial charge < -0.3 is 24.6 Å². The third-order valence-corrected chi connectivity index (χ3v) is 5.30. The molecule has 0 saturated carbocycles. The average Bonchev–Trinajstić information content (AvgIpc) is 2.73. The predicted octanol–water partition coefficient (Wildman–Crippen LogP) is 0.501. The first-order valence-corrected chi connectivity index (χ1v) is 9.07. The molecule has 1 aromatic carbocycles. The third kappa shape index (κ3) is 3.99. The summed E-state index contributed by atoms with van der Waals surface area (Å²) >= 11 is 0. The van der Waals surface area contributed by atoms with Crippen molar-refractivity contribution in [2.75, 3.05) is 51.8 Å². The van der Waals surface area contributed by atoms with Crippen molar-refractivity contribution in [3.05, 3.63) is 30.3 Å². The number of hydrogen-bond donors (Lipinski definition) is 1. The monoisotopic (exact) mass is 361 g/mol. The van der Waals surface area contributed by atoms with E-state index in [9.17, 15) is 9.59 Å². The van der Waals surface area contributed by atoms with Crippen LogP contribution in [0.25, 0.3) is 0 Å². The van der Waals surface area contributed by atoms with Crippen LogP contribution in [0.15, 0.2) is 30.3 Å². The first-order chi connectivity index (χ1) is 12.6. The van der Waals surface area contributed by atoms with Crippen LogP contribution in [0.2, 0.25) is 0 Å². The first-order valence-electron chi connectivity index (χ1n) is 9.07. The molecule has 1 N–H and O–H groups in total. The molecular formula is C19H27N3O4. The number of anilines is 1. The van der Waals surface area contributed by atoms with Gasteiger partial charge in [0, 0.05) is 45.5 Å². The summed E-state index contributed by atoms with van der Waals surface area (Å²) in [4.78, 5) is 29.3. The van der Waals surface area contributed by atoms with Crippen LogP contribution in [-0.4, -0.2) is 75.9 Å². The lowest BCUT2D eigenvalue weighted by atomic mass is 9.88. The smallest absolute Gasteiger partial charge is 0.310 e. The minimum Gasteiger partial charge on any atom is -0.469 e. The van der Waals surface area contributed by atoms with Crippen molar-refractivity contribution in [1.29, 1.82) is 0 Å². The van der Waals surface area contributed by atoms with Crippen molar-refractivity contribution in [1.82, 2.24) is 10.2 Å². The van der Waals surface area contributed by atoms with Gasteiger partial charge in [0.25, 0.3) is 0 Å². The van der Waals surface area contributed by atoms with E-state index in [1.807, 2.05) is 23.1 Å². The zero-order valence-electron chi connectivity index (χ0n) is 15.4. The topological polar surface area (TPSA) is 71.1 Å². The van der Waals surface area contributed by atoms with E-state index in [4.69, 9.17) is 9.47 Å². The van der Waals surface area contributed by atoms with E-state index in [1.165, 1.54) is 12.8 Å². The van der Waals surface area contributed by atoms with E-state index >= 15 is 0 Å². The minimum atomic E-state index is -0.544. The maximum atomic E-state index is 13.0. The van der Waals surface area contributed by atoms with E-state index in [-0.39, 0.29) is 18.0 Å². The number of benzene rings is 1. The molecule has 3 rings (SSSR count). The van der Waals surface area contributed by atoms with E-state index in [0.29, 0.717) is 26.1 Å². The number of esters is 1. The highest BCUT2D eigenvalue weighted by Crippen LogP contribution is 2.23. The Morgan fingerprint density at radius 3 is 2.38 bits per heavy atom. The zero-order chi connectivity index (χ0) is 18.5. The van der Waals surface area contributed by atoms with Crippen LogP contribution in [0.4, 0.5) is 5.69 Å². The van der Waals surface area contributed by atoms with Gasteiger partial charge in [-0.15, -0.1) is 0 Å². The van der Waals surface area contributed by atoms with Crippen LogP contribution in [0.1, 0.15) is 6.42 Å². The Morgan fingerprint density at radius 2 is 1.77 bits per heavy atom. The van der Waals surface area contributed by atoms with Crippen molar-refractivity contribution >= 4 is 17.6 Å². The van der Waals surface area contributed by atoms with Gasteiger partial charge in [-0.2, -0.15) is 0 Å². The fourth-order valence-electron chi connectivity index (χ4n) is 3.75. The van der Waals surface area contributed by atoms with E-state index in [0.717, 1.165) is 13.1 Å². The summed E-state index contributed by atoms with van der Waals surface area (Å²) in [7, 11) is 2.98. The van der Waals surface area contributed by atoms with Crippen LogP contribution < -0.4 is 10.2 Å². The maximum absolute atomic E-state index is 13.0. The van der Waals surface area contributed by atoms with E-state index in [2.05, 4.69) is 22.3 Å². The van der Waals surface area contributed by atoms with Crippen LogP contribution in [-0.2, 0) is 19.1 Å². The number of piperidine rings is 1. The van der Waals surface area contributed by atoms with Crippen molar-refractivity contribution < 1.29 is 19.1 Å². The molecule has 0 bridgehead atoms. The maximum Gasteiger partial charge on any atom is 0.310 e. The minimum absolute atomic E-state index is 0.0253. The lowest BCUT2D eigenvalue weighted by Crippen LogP contribution is -2.61. The van der Waals surface area contributed by atoms with Crippen molar-refractivity contribution in [3.63, 3.8) is 0 Å². The summed E-state index contributed by atoms with van der Waals surface area (Å²) in [5.74, 6) is -0.901. The molecular weight excluding hydrogens is 334 g/mol. The summed E-state index contributed by atoms with van der Waals surface area (Å²) in [6.45, 7) is 3.42. The second kappa shape index (κ2) is 8.51. The quantitative estimate of drug-likeness (QED) is 0.788. The number of rotatable bonds is 4. The van der Waals surface area contributed by atoms with Crippen molar-refractivity contribution in [3.8, 4) is 0 Å². The molecule has 0 unspecified atom stereocenters. The Kier molecular flexibility index (Phi) is 6.11. The SMILES string of the molecule is COC(=O)[C@H]1C[C@H](OC)CN[C@@H]1C(=O)N1CCN(c2ccccc2)CC1. The molecule has 0 aliphatic carbocycles. The van der Waals surface area contributed by atoms with Crippen LogP contribution >= 0.6 is 0 Å². The molecule has 2 heterocycles. The van der Waals surface area contributed by atoms with Gasteiger partial charge in [0.05, 0.1) is 19.1 Å². The zero-order valence-corrected chi connectivity index (χ0v) is 15.4. The molecule has 2 saturated heterocycles. The van der Waals surface area contributed by atoms with Gasteiger partial charge >= 0.3 is 5.97 Å². The molecule has 0 aromatic heterocycles. The summed E-state index contributed by atoms with van der Waals surface area (Å²) in [5.41, 5.74) is 1.17. The molecule has 142 valence electrons. The summed E-state index contributed by atoms with van der Waals surface area (Å²) < 4.78 is 10.3. The highest BCUT2D eigenvalue weighted by atomic mass is 16.5. The van der Waals surface area contributed by atoms with Gasteiger partial charge in [0.2, 0.25) is 5.91 Å². The number of para-hydroxylation sites is 1. The Balaban J connectivity index is 1.62. The fourth-order valence-corrected chi connectivity index (χ4v) is 3.75. The molecule has 1 aromatic rings. The Hall–Kier alpha value is -2.12. The molecule has 7 nitrogen and oxygen atoms in total. The average molecular weight is 361 g/mol. The largest absolute Gasteiger partial charge is 0.469 e. The van der Waals surface area contributed by atoms with Crippen LogP contribution in [0.3, 0.4) is 0 Å². The highest BCUT2D eigenvalue weighted by molar-refractivity contribution is 5.88. The van der Waals surface area contributed by atoms with Gasteiger partial charge in [-0.05, 0) is 18.6 Å². The van der Waals surface area contributed by atoms with Gasteiger partial charge in [0.15, 0.2) is 0 Å². The summed E-state index contributed by atoms with van der Waals surface area (Å²) in [5, 5.41) is 3.19. The number of nitrogens with one attached hydrogen (secondary N) is 1. The fraction of sp³-hybridized carbons (Fsp3) is 0.579. The number of piperazine rings is 1. The van der Waals surface area contributed by atoms with Crippen molar-refractivity contribution in [2.45, 2.75) is 18.6 Å². The number of ether oxygens (including phenoxy) is 2. The number of hydrogen-bond acceptors (Lipinski definition) is 6. The van der Waals surface area contributed by atoms with E-state index < -0.39 is 12.0 Å². The summed E-state index contributed by atoms with van der Waals surface area (Å²) in [6, 6.07) is 9.66. The van der Waals surface area contributed by atoms with Crippen molar-refractivity contribution in [2.24, 2.45) is 5.92 Å². The van der Waals surface area contributed by atoms with Crippen LogP contribution in [0, 0.1) is 5.92 Å². The van der Waals surface area contributed by atoms with Gasteiger partial charge in [-0.1, -0.05) is 18.2 Å². The van der Waals surface area contributed by atoms with Gasteiger partial charge in [-0.3, -0.25) is 9.59 Å². The Labute approximate surface area is 154 Å². The molecule has 2 fully saturated rings. The molecule has 0 radical (unpaired) electrons. The predicted molar refractivity (Wildman–Crippen MR) is 97.9 cm³/mol. The lowest BCUT2D eigenvalue weighted by Gasteiger charge is -2.40. The van der Waals surface area contributed by atoms with Gasteiger partial charge in [-0.25, -0.2) is 0 Å². The standard InChI is InChI=1S/C19H27N3O4/c1-25-15-12-16(19(24)26-2)17(20-13-15)18(23)22-10-8-21(9-11-22)14-6-4-3-5-7-14/h3-7,15-17,20H,8-13H2,1-2H3/t15-,16-,17-/m0/s1. The second-order valence-corrected chi connectivity index (χ2v) is 6.76. The lowest BCUT2D eigenvalue weighted by molar-refractivity contribution is -0.154. The Bertz CT molecular complexity index is 616. The summed E-state index contributed by atoms with van der Waals surface area (Å²) in [6.07, 6.45) is 0.411. The number of nitrogens with zero attached hydrogens (tertiary/aromatic N) is 2. The number of methoxy groups -OCH3 is 2. The normalized spacial score (nSPS) is 26.5. The number of carbonyl (C=O) groups is 2. The molecule has 0 spiro atoms. The van der Waals surface area contributed by atoms with Gasteiger partial charge in [0.1, 0.15) is 6.04 Å². The Morgan fingerprint density at radius 1 is 1.08 bits per heavy atom. The number of carbonyl (C=O) groups excluding carboxylic acids is 2. The second-order valence-electron chi connectivity index (χ2n) is 6.76. The molecule has 2 aliphatic heterocycles. The number of amides is 1. The molecule has 1 amide bonds. The molecule has 3 atom stereocenters.